The number of carboxylic acid groups (broad SMARTS) is 1. The molecule has 1 aromatic rings. The van der Waals surface area contributed by atoms with E-state index in [1.807, 2.05) is 0 Å². The second-order valence-corrected chi connectivity index (χ2v) is 3.88. The third-order valence-corrected chi connectivity index (χ3v) is 2.37. The fourth-order valence-corrected chi connectivity index (χ4v) is 1.53. The van der Waals surface area contributed by atoms with Gasteiger partial charge in [0.2, 0.25) is 0 Å². The molecule has 0 fully saturated rings. The number of benzene rings is 1. The van der Waals surface area contributed by atoms with Gasteiger partial charge in [-0.05, 0) is 34.1 Å². The quantitative estimate of drug-likeness (QED) is 0.668. The lowest BCUT2D eigenvalue weighted by Gasteiger charge is -2.09. The zero-order valence-corrected chi connectivity index (χ0v) is 9.64. The average Bonchev–Trinajstić information content (AvgIpc) is 2.18. The number of carboxylic acids is 1. The van der Waals surface area contributed by atoms with Crippen LogP contribution < -0.4 is 0 Å². The largest absolute Gasteiger partial charge is 0.478 e. The van der Waals surface area contributed by atoms with Crippen LogP contribution in [0.15, 0.2) is 22.7 Å². The van der Waals surface area contributed by atoms with Gasteiger partial charge in [-0.25, -0.2) is 9.18 Å². The van der Waals surface area contributed by atoms with Gasteiger partial charge >= 0.3 is 12.1 Å². The second-order valence-electron chi connectivity index (χ2n) is 3.03. The summed E-state index contributed by atoms with van der Waals surface area (Å²) in [5.74, 6) is -2.33. The summed E-state index contributed by atoms with van der Waals surface area (Å²) >= 11 is 2.64. The molecule has 0 spiro atoms. The lowest BCUT2D eigenvalue weighted by atomic mass is 10.1. The summed E-state index contributed by atoms with van der Waals surface area (Å²) < 4.78 is 50.2. The molecule has 92 valence electrons. The second kappa shape index (κ2) is 4.87. The number of aliphatic carboxylic acids is 1. The Bertz CT molecular complexity index is 480. The molecule has 1 N–H and O–H groups in total. The van der Waals surface area contributed by atoms with Crippen molar-refractivity contribution in [3.63, 3.8) is 0 Å². The minimum absolute atomic E-state index is 0.377. The van der Waals surface area contributed by atoms with Crippen LogP contribution in [0.3, 0.4) is 0 Å². The summed E-state index contributed by atoms with van der Waals surface area (Å²) in [6, 6.07) is 1.13. The Morgan fingerprint density at radius 2 is 1.94 bits per heavy atom. The minimum Gasteiger partial charge on any atom is -0.478 e. The summed E-state index contributed by atoms with van der Waals surface area (Å²) in [7, 11) is 0. The van der Waals surface area contributed by atoms with Gasteiger partial charge in [0.15, 0.2) is 0 Å². The molecule has 0 atom stereocenters. The topological polar surface area (TPSA) is 37.3 Å². The first kappa shape index (κ1) is 13.7. The van der Waals surface area contributed by atoms with Gasteiger partial charge < -0.3 is 5.11 Å². The van der Waals surface area contributed by atoms with Crippen molar-refractivity contribution in [1.82, 2.24) is 0 Å². The molecule has 0 aliphatic carbocycles. The van der Waals surface area contributed by atoms with Gasteiger partial charge in [-0.3, -0.25) is 0 Å². The van der Waals surface area contributed by atoms with E-state index in [-0.39, 0.29) is 4.47 Å². The number of carbonyl (C=O) groups is 1. The van der Waals surface area contributed by atoms with Crippen LogP contribution in [0, 0.1) is 5.82 Å². The highest BCUT2D eigenvalue weighted by atomic mass is 79.9. The van der Waals surface area contributed by atoms with E-state index in [2.05, 4.69) is 15.9 Å². The molecule has 0 radical (unpaired) electrons. The molecule has 17 heavy (non-hydrogen) atoms. The first-order valence-electron chi connectivity index (χ1n) is 4.19. The lowest BCUT2D eigenvalue weighted by Crippen LogP contribution is -2.06. The van der Waals surface area contributed by atoms with Crippen LogP contribution in [0.5, 0.6) is 0 Å². The molecule has 0 aliphatic rings. The number of hydrogen-bond acceptors (Lipinski definition) is 1. The highest BCUT2D eigenvalue weighted by Crippen LogP contribution is 2.33. The van der Waals surface area contributed by atoms with Crippen LogP contribution in [-0.2, 0) is 11.0 Å². The maximum Gasteiger partial charge on any atom is 0.416 e. The summed E-state index contributed by atoms with van der Waals surface area (Å²) in [5.41, 5.74) is -1.51. The summed E-state index contributed by atoms with van der Waals surface area (Å²) in [5, 5.41) is 8.32. The van der Waals surface area contributed by atoms with Crippen molar-refractivity contribution in [1.29, 1.82) is 0 Å². The predicted octanol–water partition coefficient (Wildman–Crippen LogP) is 3.70. The minimum atomic E-state index is -4.62. The highest BCUT2D eigenvalue weighted by molar-refractivity contribution is 9.10. The van der Waals surface area contributed by atoms with Gasteiger partial charge in [0.25, 0.3) is 0 Å². The SMILES string of the molecule is O=C(O)/C=C/c1cc(C(F)(F)F)cc(Br)c1F. The maximum atomic E-state index is 13.4. The van der Waals surface area contributed by atoms with E-state index in [0.29, 0.717) is 18.2 Å². The Kier molecular flexibility index (Phi) is 3.92. The Morgan fingerprint density at radius 3 is 2.41 bits per heavy atom. The molecule has 0 aliphatic heterocycles. The van der Waals surface area contributed by atoms with E-state index in [1.165, 1.54) is 0 Å². The predicted molar refractivity (Wildman–Crippen MR) is 55.8 cm³/mol. The lowest BCUT2D eigenvalue weighted by molar-refractivity contribution is -0.137. The monoisotopic (exact) mass is 312 g/mol. The molecular weight excluding hydrogens is 308 g/mol. The molecular formula is C10H5BrF4O2. The molecule has 1 rings (SSSR count). The van der Waals surface area contributed by atoms with Gasteiger partial charge in [-0.1, -0.05) is 0 Å². The number of alkyl halides is 3. The molecule has 2 nitrogen and oxygen atoms in total. The fourth-order valence-electron chi connectivity index (χ4n) is 1.06. The van der Waals surface area contributed by atoms with Gasteiger partial charge in [0, 0.05) is 11.6 Å². The molecule has 0 unspecified atom stereocenters. The van der Waals surface area contributed by atoms with E-state index in [4.69, 9.17) is 5.11 Å². The Balaban J connectivity index is 3.30. The number of halogens is 5. The molecule has 0 aromatic heterocycles. The van der Waals surface area contributed by atoms with Crippen molar-refractivity contribution < 1.29 is 27.5 Å². The van der Waals surface area contributed by atoms with Crippen LogP contribution in [0.2, 0.25) is 0 Å². The van der Waals surface area contributed by atoms with E-state index in [1.54, 1.807) is 0 Å². The third kappa shape index (κ3) is 3.55. The van der Waals surface area contributed by atoms with Crippen molar-refractivity contribution in [2.75, 3.05) is 0 Å². The number of hydrogen-bond donors (Lipinski definition) is 1. The van der Waals surface area contributed by atoms with Crippen LogP contribution in [0.1, 0.15) is 11.1 Å². The van der Waals surface area contributed by atoms with Crippen LogP contribution in [-0.4, -0.2) is 11.1 Å². The van der Waals surface area contributed by atoms with Crippen molar-refractivity contribution in [3.05, 3.63) is 39.6 Å². The van der Waals surface area contributed by atoms with Crippen molar-refractivity contribution in [2.24, 2.45) is 0 Å². The summed E-state index contributed by atoms with van der Waals surface area (Å²) in [4.78, 5) is 10.2. The van der Waals surface area contributed by atoms with Crippen molar-refractivity contribution in [3.8, 4) is 0 Å². The van der Waals surface area contributed by atoms with E-state index in [9.17, 15) is 22.4 Å². The molecule has 1 aromatic carbocycles. The van der Waals surface area contributed by atoms with E-state index in [0.717, 1.165) is 6.08 Å². The fraction of sp³-hybridized carbons (Fsp3) is 0.100. The van der Waals surface area contributed by atoms with Crippen molar-refractivity contribution >= 4 is 28.0 Å². The van der Waals surface area contributed by atoms with E-state index >= 15 is 0 Å². The molecule has 0 heterocycles. The van der Waals surface area contributed by atoms with Gasteiger partial charge in [-0.2, -0.15) is 13.2 Å². The number of rotatable bonds is 2. The summed E-state index contributed by atoms with van der Waals surface area (Å²) in [6.45, 7) is 0. The first-order valence-corrected chi connectivity index (χ1v) is 4.98. The van der Waals surface area contributed by atoms with Gasteiger partial charge in [0.1, 0.15) is 5.82 Å². The first-order chi connectivity index (χ1) is 7.71. The van der Waals surface area contributed by atoms with Gasteiger partial charge in [-0.15, -0.1) is 0 Å². The molecule has 0 saturated carbocycles. The standard InChI is InChI=1S/C10H5BrF4O2/c11-7-4-6(10(13,14)15)3-5(9(7)12)1-2-8(16)17/h1-4H,(H,16,17)/b2-1+. The molecule has 7 heteroatoms. The average molecular weight is 313 g/mol. The van der Waals surface area contributed by atoms with Gasteiger partial charge in [0.05, 0.1) is 10.0 Å². The highest BCUT2D eigenvalue weighted by Gasteiger charge is 2.31. The zero-order chi connectivity index (χ0) is 13.2. The van der Waals surface area contributed by atoms with Crippen LogP contribution >= 0.6 is 15.9 Å². The smallest absolute Gasteiger partial charge is 0.416 e. The third-order valence-electron chi connectivity index (χ3n) is 1.79. The molecule has 0 saturated heterocycles. The normalized spacial score (nSPS) is 12.1. The van der Waals surface area contributed by atoms with Crippen molar-refractivity contribution in [2.45, 2.75) is 6.18 Å². The molecule has 0 bridgehead atoms. The molecule has 0 amide bonds. The Morgan fingerprint density at radius 1 is 1.35 bits per heavy atom. The van der Waals surface area contributed by atoms with Crippen LogP contribution in [0.25, 0.3) is 6.08 Å². The Labute approximate surface area is 102 Å². The Hall–Kier alpha value is -1.37. The maximum absolute atomic E-state index is 13.4. The van der Waals surface area contributed by atoms with E-state index < -0.39 is 29.1 Å². The zero-order valence-electron chi connectivity index (χ0n) is 8.05. The van der Waals surface area contributed by atoms with Crippen LogP contribution in [0.4, 0.5) is 17.6 Å². The summed E-state index contributed by atoms with van der Waals surface area (Å²) in [6.07, 6.45) is -3.30.